The number of nitrogens with two attached hydrogens (primary N) is 1. The maximum Gasteiger partial charge on any atom is 0.416 e. The Bertz CT molecular complexity index is 532. The first-order chi connectivity index (χ1) is 7.97. The van der Waals surface area contributed by atoms with Crippen molar-refractivity contribution in [3.05, 3.63) is 54.1 Å². The van der Waals surface area contributed by atoms with Gasteiger partial charge in [0, 0.05) is 5.69 Å². The first-order valence-corrected chi connectivity index (χ1v) is 5.00. The van der Waals surface area contributed by atoms with Gasteiger partial charge in [-0.1, -0.05) is 24.3 Å². The van der Waals surface area contributed by atoms with E-state index in [0.717, 1.165) is 12.1 Å². The van der Waals surface area contributed by atoms with Crippen molar-refractivity contribution in [2.45, 2.75) is 6.18 Å². The van der Waals surface area contributed by atoms with Crippen LogP contribution in [-0.4, -0.2) is 0 Å². The lowest BCUT2D eigenvalue weighted by Crippen LogP contribution is -2.04. The molecule has 0 saturated heterocycles. The Balaban J connectivity index is 2.47. The Morgan fingerprint density at radius 3 is 2.00 bits per heavy atom. The molecule has 0 atom stereocenters. The monoisotopic (exact) mass is 237 g/mol. The van der Waals surface area contributed by atoms with E-state index in [1.54, 1.807) is 30.3 Å². The van der Waals surface area contributed by atoms with E-state index in [0.29, 0.717) is 16.8 Å². The first-order valence-electron chi connectivity index (χ1n) is 5.00. The molecule has 0 saturated carbocycles. The summed E-state index contributed by atoms with van der Waals surface area (Å²) < 4.78 is 37.6. The lowest BCUT2D eigenvalue weighted by atomic mass is 10.0. The van der Waals surface area contributed by atoms with Crippen LogP contribution in [0.5, 0.6) is 0 Å². The van der Waals surface area contributed by atoms with Crippen LogP contribution < -0.4 is 5.73 Å². The third-order valence-electron chi connectivity index (χ3n) is 2.41. The second-order valence-electron chi connectivity index (χ2n) is 3.70. The molecule has 2 aromatic carbocycles. The highest BCUT2D eigenvalue weighted by Crippen LogP contribution is 2.32. The summed E-state index contributed by atoms with van der Waals surface area (Å²) in [6.07, 6.45) is -4.32. The molecule has 0 heterocycles. The van der Waals surface area contributed by atoms with Crippen LogP contribution in [0.2, 0.25) is 0 Å². The van der Waals surface area contributed by atoms with Crippen molar-refractivity contribution in [1.82, 2.24) is 0 Å². The molecular formula is C13H10F3N. The lowest BCUT2D eigenvalue weighted by molar-refractivity contribution is -0.137. The fourth-order valence-electron chi connectivity index (χ4n) is 1.59. The maximum atomic E-state index is 12.5. The zero-order valence-electron chi connectivity index (χ0n) is 8.83. The van der Waals surface area contributed by atoms with E-state index in [-0.39, 0.29) is 0 Å². The van der Waals surface area contributed by atoms with E-state index in [1.165, 1.54) is 6.07 Å². The molecule has 0 aliphatic heterocycles. The minimum atomic E-state index is -4.32. The van der Waals surface area contributed by atoms with Crippen LogP contribution in [0.1, 0.15) is 5.56 Å². The molecule has 0 bridgehead atoms. The van der Waals surface area contributed by atoms with Gasteiger partial charge in [-0.3, -0.25) is 0 Å². The average molecular weight is 237 g/mol. The average Bonchev–Trinajstić information content (AvgIpc) is 2.28. The molecule has 0 unspecified atom stereocenters. The summed E-state index contributed by atoms with van der Waals surface area (Å²) in [5.41, 5.74) is 6.65. The predicted molar refractivity (Wildman–Crippen MR) is 61.3 cm³/mol. The molecule has 0 aliphatic carbocycles. The number of nitrogen functional groups attached to an aromatic ring is 1. The molecule has 2 rings (SSSR count). The topological polar surface area (TPSA) is 26.0 Å². The maximum absolute atomic E-state index is 12.5. The molecule has 0 radical (unpaired) electrons. The number of benzene rings is 2. The summed E-state index contributed by atoms with van der Waals surface area (Å²) in [5, 5.41) is 0. The van der Waals surface area contributed by atoms with Crippen LogP contribution in [0, 0.1) is 0 Å². The predicted octanol–water partition coefficient (Wildman–Crippen LogP) is 3.95. The summed E-state index contributed by atoms with van der Waals surface area (Å²) in [6, 6.07) is 12.0. The van der Waals surface area contributed by atoms with Crippen molar-refractivity contribution < 1.29 is 13.2 Å². The fourth-order valence-corrected chi connectivity index (χ4v) is 1.59. The number of alkyl halides is 3. The van der Waals surface area contributed by atoms with Crippen LogP contribution in [0.25, 0.3) is 11.1 Å². The van der Waals surface area contributed by atoms with Crippen molar-refractivity contribution in [2.24, 2.45) is 0 Å². The highest BCUT2D eigenvalue weighted by molar-refractivity contribution is 5.67. The highest BCUT2D eigenvalue weighted by Gasteiger charge is 2.30. The van der Waals surface area contributed by atoms with Crippen LogP contribution in [0.3, 0.4) is 0 Å². The molecular weight excluding hydrogens is 227 g/mol. The molecule has 0 spiro atoms. The summed E-state index contributed by atoms with van der Waals surface area (Å²) in [5.74, 6) is 0. The van der Waals surface area contributed by atoms with Crippen molar-refractivity contribution in [2.75, 3.05) is 5.73 Å². The largest absolute Gasteiger partial charge is 0.416 e. The zero-order valence-corrected chi connectivity index (χ0v) is 8.83. The molecule has 4 heteroatoms. The van der Waals surface area contributed by atoms with E-state index in [4.69, 9.17) is 5.73 Å². The van der Waals surface area contributed by atoms with Gasteiger partial charge in [0.1, 0.15) is 0 Å². The molecule has 17 heavy (non-hydrogen) atoms. The molecule has 88 valence electrons. The Kier molecular flexibility index (Phi) is 2.79. The summed E-state index contributed by atoms with van der Waals surface area (Å²) in [6.45, 7) is 0. The summed E-state index contributed by atoms with van der Waals surface area (Å²) >= 11 is 0. The molecule has 2 aromatic rings. The van der Waals surface area contributed by atoms with E-state index in [2.05, 4.69) is 0 Å². The third-order valence-corrected chi connectivity index (χ3v) is 2.41. The van der Waals surface area contributed by atoms with Gasteiger partial charge in [-0.2, -0.15) is 13.2 Å². The standard InChI is InChI=1S/C13H10F3N/c14-13(15,16)11-5-1-3-9(7-11)10-4-2-6-12(17)8-10/h1-8H,17H2. The van der Waals surface area contributed by atoms with Crippen molar-refractivity contribution >= 4 is 5.69 Å². The van der Waals surface area contributed by atoms with E-state index >= 15 is 0 Å². The Labute approximate surface area is 96.7 Å². The number of rotatable bonds is 1. The van der Waals surface area contributed by atoms with Gasteiger partial charge in [0.2, 0.25) is 0 Å². The fraction of sp³-hybridized carbons (Fsp3) is 0.0769. The van der Waals surface area contributed by atoms with Gasteiger partial charge >= 0.3 is 6.18 Å². The van der Waals surface area contributed by atoms with Gasteiger partial charge in [0.05, 0.1) is 5.56 Å². The highest BCUT2D eigenvalue weighted by atomic mass is 19.4. The smallest absolute Gasteiger partial charge is 0.399 e. The summed E-state index contributed by atoms with van der Waals surface area (Å²) in [4.78, 5) is 0. The van der Waals surface area contributed by atoms with Crippen LogP contribution in [0.4, 0.5) is 18.9 Å². The number of hydrogen-bond acceptors (Lipinski definition) is 1. The SMILES string of the molecule is Nc1cccc(-c2cccc(C(F)(F)F)c2)c1. The Morgan fingerprint density at radius 2 is 1.41 bits per heavy atom. The van der Waals surface area contributed by atoms with E-state index in [9.17, 15) is 13.2 Å². The second-order valence-corrected chi connectivity index (χ2v) is 3.70. The van der Waals surface area contributed by atoms with Crippen LogP contribution in [0.15, 0.2) is 48.5 Å². The Morgan fingerprint density at radius 1 is 0.824 bits per heavy atom. The van der Waals surface area contributed by atoms with Crippen LogP contribution >= 0.6 is 0 Å². The number of hydrogen-bond donors (Lipinski definition) is 1. The minimum Gasteiger partial charge on any atom is -0.399 e. The van der Waals surface area contributed by atoms with Gasteiger partial charge in [-0.15, -0.1) is 0 Å². The molecule has 0 amide bonds. The van der Waals surface area contributed by atoms with Gasteiger partial charge in [-0.05, 0) is 35.4 Å². The number of halogens is 3. The normalized spacial score (nSPS) is 11.5. The molecule has 2 N–H and O–H groups in total. The van der Waals surface area contributed by atoms with Gasteiger partial charge < -0.3 is 5.73 Å². The first kappa shape index (κ1) is 11.5. The zero-order chi connectivity index (χ0) is 12.5. The minimum absolute atomic E-state index is 0.507. The lowest BCUT2D eigenvalue weighted by Gasteiger charge is -2.09. The molecule has 0 aliphatic rings. The van der Waals surface area contributed by atoms with Crippen molar-refractivity contribution in [1.29, 1.82) is 0 Å². The van der Waals surface area contributed by atoms with E-state index in [1.807, 2.05) is 0 Å². The molecule has 0 aromatic heterocycles. The Hall–Kier alpha value is -1.97. The van der Waals surface area contributed by atoms with Crippen LogP contribution in [-0.2, 0) is 6.18 Å². The van der Waals surface area contributed by atoms with Crippen molar-refractivity contribution in [3.8, 4) is 11.1 Å². The third kappa shape index (κ3) is 2.58. The summed E-state index contributed by atoms with van der Waals surface area (Å²) in [7, 11) is 0. The molecule has 1 nitrogen and oxygen atoms in total. The number of anilines is 1. The quantitative estimate of drug-likeness (QED) is 0.746. The van der Waals surface area contributed by atoms with E-state index < -0.39 is 11.7 Å². The second kappa shape index (κ2) is 4.13. The van der Waals surface area contributed by atoms with Crippen molar-refractivity contribution in [3.63, 3.8) is 0 Å². The molecule has 0 fully saturated rings. The van der Waals surface area contributed by atoms with Gasteiger partial charge in [0.25, 0.3) is 0 Å². The van der Waals surface area contributed by atoms with Gasteiger partial charge in [-0.25, -0.2) is 0 Å². The van der Waals surface area contributed by atoms with Gasteiger partial charge in [0.15, 0.2) is 0 Å².